The van der Waals surface area contributed by atoms with Crippen molar-refractivity contribution in [2.45, 2.75) is 0 Å². The van der Waals surface area contributed by atoms with Gasteiger partial charge < -0.3 is 14.0 Å². The van der Waals surface area contributed by atoms with Gasteiger partial charge in [-0.2, -0.15) is 0 Å². The Morgan fingerprint density at radius 2 is 1.22 bits per heavy atom. The van der Waals surface area contributed by atoms with Crippen LogP contribution in [-0.2, 0) is 9.59 Å². The summed E-state index contributed by atoms with van der Waals surface area (Å²) in [6.07, 6.45) is 3.25. The fourth-order valence-corrected chi connectivity index (χ4v) is 0.227. The summed E-state index contributed by atoms with van der Waals surface area (Å²) in [7, 11) is 0. The summed E-state index contributed by atoms with van der Waals surface area (Å²) < 4.78 is 4.58. The van der Waals surface area contributed by atoms with E-state index in [1.165, 1.54) is 0 Å². The molecule has 0 spiro atoms. The van der Waals surface area contributed by atoms with E-state index in [4.69, 9.17) is 9.59 Å². The fourth-order valence-electron chi connectivity index (χ4n) is 0.227. The highest BCUT2D eigenvalue weighted by molar-refractivity contribution is 5.11. The summed E-state index contributed by atoms with van der Waals surface area (Å²) in [6, 6.07) is 3.67. The van der Waals surface area contributed by atoms with Gasteiger partial charge in [0.1, 0.15) is 13.6 Å². The van der Waals surface area contributed by atoms with E-state index in [1.807, 2.05) is 25.7 Å². The SMILES string of the molecule is C=O.C=O.c1ccoc1. The summed E-state index contributed by atoms with van der Waals surface area (Å²) in [5.41, 5.74) is 0. The first-order valence-corrected chi connectivity index (χ1v) is 2.05. The third-order valence-corrected chi connectivity index (χ3v) is 0.425. The molecular weight excluding hydrogens is 120 g/mol. The fraction of sp³-hybridized carbons (Fsp3) is 0. The lowest BCUT2D eigenvalue weighted by molar-refractivity contribution is -0.0987. The Kier molecular flexibility index (Phi) is 18.7. The molecule has 0 aliphatic carbocycles. The molecule has 1 aromatic heterocycles. The summed E-state index contributed by atoms with van der Waals surface area (Å²) in [4.78, 5) is 16.0. The van der Waals surface area contributed by atoms with E-state index in [2.05, 4.69) is 4.42 Å². The Labute approximate surface area is 53.3 Å². The second kappa shape index (κ2) is 16.0. The first-order valence-electron chi connectivity index (χ1n) is 2.05. The molecule has 0 amide bonds. The Balaban J connectivity index is 0. The third-order valence-electron chi connectivity index (χ3n) is 0.425. The van der Waals surface area contributed by atoms with Crippen LogP contribution >= 0.6 is 0 Å². The van der Waals surface area contributed by atoms with E-state index in [0.29, 0.717) is 0 Å². The molecule has 0 atom stereocenters. The van der Waals surface area contributed by atoms with Crippen molar-refractivity contribution in [1.82, 2.24) is 0 Å². The van der Waals surface area contributed by atoms with Gasteiger partial charge in [-0.25, -0.2) is 0 Å². The summed E-state index contributed by atoms with van der Waals surface area (Å²) in [5.74, 6) is 0. The molecule has 3 nitrogen and oxygen atoms in total. The molecule has 0 saturated heterocycles. The van der Waals surface area contributed by atoms with Gasteiger partial charge in [-0.1, -0.05) is 0 Å². The van der Waals surface area contributed by atoms with E-state index in [1.54, 1.807) is 12.5 Å². The van der Waals surface area contributed by atoms with Crippen LogP contribution in [0.4, 0.5) is 0 Å². The van der Waals surface area contributed by atoms with Crippen molar-refractivity contribution in [3.8, 4) is 0 Å². The monoisotopic (exact) mass is 128 g/mol. The molecule has 1 rings (SSSR count). The van der Waals surface area contributed by atoms with Crippen LogP contribution in [0.15, 0.2) is 29.1 Å². The predicted octanol–water partition coefficient (Wildman–Crippen LogP) is 0.910. The molecule has 50 valence electrons. The maximum Gasteiger partial charge on any atom is 0.106 e. The van der Waals surface area contributed by atoms with Gasteiger partial charge in [0.15, 0.2) is 0 Å². The van der Waals surface area contributed by atoms with E-state index in [-0.39, 0.29) is 0 Å². The van der Waals surface area contributed by atoms with E-state index in [0.717, 1.165) is 0 Å². The number of carbonyl (C=O) groups excluding carboxylic acids is 2. The van der Waals surface area contributed by atoms with Crippen molar-refractivity contribution in [3.63, 3.8) is 0 Å². The first-order chi connectivity index (χ1) is 4.50. The van der Waals surface area contributed by atoms with Crippen LogP contribution in [0.5, 0.6) is 0 Å². The Hall–Kier alpha value is -1.38. The van der Waals surface area contributed by atoms with Crippen LogP contribution in [-0.4, -0.2) is 13.6 Å². The molecule has 0 aliphatic heterocycles. The third kappa shape index (κ3) is 10.8. The van der Waals surface area contributed by atoms with Crippen LogP contribution < -0.4 is 0 Å². The van der Waals surface area contributed by atoms with Crippen LogP contribution in [0.2, 0.25) is 0 Å². The van der Waals surface area contributed by atoms with Gasteiger partial charge in [0.2, 0.25) is 0 Å². The van der Waals surface area contributed by atoms with Crippen LogP contribution in [0.3, 0.4) is 0 Å². The van der Waals surface area contributed by atoms with Gasteiger partial charge in [-0.3, -0.25) is 0 Å². The van der Waals surface area contributed by atoms with Gasteiger partial charge in [-0.15, -0.1) is 0 Å². The zero-order valence-electron chi connectivity index (χ0n) is 4.95. The van der Waals surface area contributed by atoms with Gasteiger partial charge in [0.05, 0.1) is 12.5 Å². The topological polar surface area (TPSA) is 47.3 Å². The second-order valence-electron chi connectivity index (χ2n) is 0.793. The van der Waals surface area contributed by atoms with Gasteiger partial charge in [0, 0.05) is 0 Å². The van der Waals surface area contributed by atoms with Crippen LogP contribution in [0.1, 0.15) is 0 Å². The molecular formula is C6H8O3. The minimum atomic E-state index is 1.62. The van der Waals surface area contributed by atoms with Crippen LogP contribution in [0.25, 0.3) is 0 Å². The minimum Gasteiger partial charge on any atom is -0.473 e. The quantitative estimate of drug-likeness (QED) is 0.521. The molecule has 9 heavy (non-hydrogen) atoms. The number of rotatable bonds is 0. The molecule has 3 heteroatoms. The maximum atomic E-state index is 8.00. The molecule has 0 unspecified atom stereocenters. The molecule has 0 bridgehead atoms. The summed E-state index contributed by atoms with van der Waals surface area (Å²) in [6.45, 7) is 4.00. The lowest BCUT2D eigenvalue weighted by Gasteiger charge is -1.50. The maximum absolute atomic E-state index is 8.00. The van der Waals surface area contributed by atoms with Crippen molar-refractivity contribution in [3.05, 3.63) is 24.7 Å². The molecule has 0 radical (unpaired) electrons. The lowest BCUT2D eigenvalue weighted by atomic mass is 10.7. The smallest absolute Gasteiger partial charge is 0.106 e. The van der Waals surface area contributed by atoms with Gasteiger partial charge >= 0.3 is 0 Å². The zero-order chi connectivity index (χ0) is 7.54. The molecule has 1 heterocycles. The van der Waals surface area contributed by atoms with Crippen molar-refractivity contribution in [1.29, 1.82) is 0 Å². The van der Waals surface area contributed by atoms with E-state index < -0.39 is 0 Å². The highest BCUT2D eigenvalue weighted by atomic mass is 16.3. The van der Waals surface area contributed by atoms with E-state index in [9.17, 15) is 0 Å². The standard InChI is InChI=1S/C4H4O.2CH2O/c1-2-4-5-3-1;2*1-2/h1-4H;2*1H2. The molecule has 0 aromatic carbocycles. The Bertz CT molecular complexity index is 83.8. The lowest BCUT2D eigenvalue weighted by Crippen LogP contribution is -1.16. The summed E-state index contributed by atoms with van der Waals surface area (Å²) >= 11 is 0. The van der Waals surface area contributed by atoms with Crippen molar-refractivity contribution >= 4 is 13.6 Å². The average molecular weight is 128 g/mol. The number of hydrogen-bond acceptors (Lipinski definition) is 3. The largest absolute Gasteiger partial charge is 0.473 e. The Morgan fingerprint density at radius 1 is 0.889 bits per heavy atom. The number of furan rings is 1. The van der Waals surface area contributed by atoms with Crippen molar-refractivity contribution in [2.75, 3.05) is 0 Å². The zero-order valence-corrected chi connectivity index (χ0v) is 4.95. The van der Waals surface area contributed by atoms with Gasteiger partial charge in [0.25, 0.3) is 0 Å². The number of carbonyl (C=O) groups is 2. The number of hydrogen-bond donors (Lipinski definition) is 0. The van der Waals surface area contributed by atoms with E-state index >= 15 is 0 Å². The Morgan fingerprint density at radius 3 is 1.33 bits per heavy atom. The predicted molar refractivity (Wildman–Crippen MR) is 32.9 cm³/mol. The molecule has 0 saturated carbocycles. The van der Waals surface area contributed by atoms with Crippen molar-refractivity contribution < 1.29 is 14.0 Å². The molecule has 0 aliphatic rings. The molecule has 1 aromatic rings. The minimum absolute atomic E-state index is 1.62. The second-order valence-corrected chi connectivity index (χ2v) is 0.793. The average Bonchev–Trinajstić information content (AvgIpc) is 2.51. The molecule has 0 fully saturated rings. The summed E-state index contributed by atoms with van der Waals surface area (Å²) in [5, 5.41) is 0. The first kappa shape index (κ1) is 10.6. The van der Waals surface area contributed by atoms with Crippen LogP contribution in [0, 0.1) is 0 Å². The highest BCUT2D eigenvalue weighted by Gasteiger charge is 1.58. The highest BCUT2D eigenvalue weighted by Crippen LogP contribution is 1.79. The van der Waals surface area contributed by atoms with Gasteiger partial charge in [-0.05, 0) is 12.1 Å². The van der Waals surface area contributed by atoms with Crippen molar-refractivity contribution in [2.24, 2.45) is 0 Å². The molecule has 0 N–H and O–H groups in total. The normalized spacial score (nSPS) is 5.33.